The SMILES string of the molecule is CCCCO[C@@H](Cc1ccc(CC)cc1)C(=O)O. The zero-order valence-electron chi connectivity index (χ0n) is 11.2. The number of unbranched alkanes of at least 4 members (excludes halogenated alkanes) is 1. The van der Waals surface area contributed by atoms with Gasteiger partial charge in [-0.25, -0.2) is 4.79 Å². The van der Waals surface area contributed by atoms with Crippen molar-refractivity contribution in [1.29, 1.82) is 0 Å². The number of carbonyl (C=O) groups is 1. The number of hydrogen-bond donors (Lipinski definition) is 1. The first kappa shape index (κ1) is 14.7. The normalized spacial score (nSPS) is 12.3. The Morgan fingerprint density at radius 3 is 2.33 bits per heavy atom. The van der Waals surface area contributed by atoms with Gasteiger partial charge >= 0.3 is 5.97 Å². The number of aryl methyl sites for hydroxylation is 1. The highest BCUT2D eigenvalue weighted by molar-refractivity contribution is 5.72. The van der Waals surface area contributed by atoms with Crippen molar-refractivity contribution in [3.63, 3.8) is 0 Å². The van der Waals surface area contributed by atoms with Gasteiger partial charge in [0.1, 0.15) is 0 Å². The van der Waals surface area contributed by atoms with E-state index in [1.54, 1.807) is 0 Å². The third kappa shape index (κ3) is 4.88. The van der Waals surface area contributed by atoms with Gasteiger partial charge in [0.25, 0.3) is 0 Å². The molecule has 0 aliphatic heterocycles. The average molecular weight is 250 g/mol. The van der Waals surface area contributed by atoms with Crippen LogP contribution in [0.4, 0.5) is 0 Å². The molecule has 1 aromatic carbocycles. The lowest BCUT2D eigenvalue weighted by atomic mass is 10.0. The molecule has 0 aliphatic carbocycles. The molecule has 100 valence electrons. The lowest BCUT2D eigenvalue weighted by molar-refractivity contribution is -0.150. The standard InChI is InChI=1S/C15H22O3/c1-3-5-10-18-14(15(16)17)11-13-8-6-12(4-2)7-9-13/h6-9,14H,3-5,10-11H2,1-2H3,(H,16,17)/t14-/m0/s1. The van der Waals surface area contributed by atoms with Gasteiger partial charge in [-0.3, -0.25) is 0 Å². The Morgan fingerprint density at radius 2 is 1.83 bits per heavy atom. The zero-order chi connectivity index (χ0) is 13.4. The van der Waals surface area contributed by atoms with E-state index in [1.165, 1.54) is 5.56 Å². The average Bonchev–Trinajstić information content (AvgIpc) is 2.38. The second-order valence-electron chi connectivity index (χ2n) is 4.43. The highest BCUT2D eigenvalue weighted by Crippen LogP contribution is 2.10. The predicted octanol–water partition coefficient (Wildman–Crippen LogP) is 3.06. The molecule has 0 unspecified atom stereocenters. The molecule has 1 atom stereocenters. The molecule has 1 rings (SSSR count). The molecule has 0 saturated carbocycles. The van der Waals surface area contributed by atoms with E-state index in [0.717, 1.165) is 24.8 Å². The second-order valence-corrected chi connectivity index (χ2v) is 4.43. The smallest absolute Gasteiger partial charge is 0.333 e. The van der Waals surface area contributed by atoms with E-state index in [1.807, 2.05) is 24.3 Å². The minimum atomic E-state index is -0.884. The van der Waals surface area contributed by atoms with Crippen LogP contribution in [0.15, 0.2) is 24.3 Å². The number of carboxylic acids is 1. The maximum atomic E-state index is 11.1. The topological polar surface area (TPSA) is 46.5 Å². The van der Waals surface area contributed by atoms with Gasteiger partial charge in [0.05, 0.1) is 0 Å². The van der Waals surface area contributed by atoms with E-state index >= 15 is 0 Å². The van der Waals surface area contributed by atoms with Crippen LogP contribution >= 0.6 is 0 Å². The van der Waals surface area contributed by atoms with Crippen molar-refractivity contribution in [1.82, 2.24) is 0 Å². The number of ether oxygens (including phenoxy) is 1. The van der Waals surface area contributed by atoms with Crippen LogP contribution in [0.2, 0.25) is 0 Å². The van der Waals surface area contributed by atoms with Gasteiger partial charge in [-0.2, -0.15) is 0 Å². The largest absolute Gasteiger partial charge is 0.479 e. The van der Waals surface area contributed by atoms with Crippen molar-refractivity contribution in [2.75, 3.05) is 6.61 Å². The van der Waals surface area contributed by atoms with Crippen molar-refractivity contribution in [3.8, 4) is 0 Å². The molecular weight excluding hydrogens is 228 g/mol. The van der Waals surface area contributed by atoms with E-state index in [0.29, 0.717) is 13.0 Å². The number of aliphatic carboxylic acids is 1. The molecule has 3 heteroatoms. The minimum Gasteiger partial charge on any atom is -0.479 e. The number of rotatable bonds is 8. The first-order valence-corrected chi connectivity index (χ1v) is 6.59. The number of carboxylic acid groups (broad SMARTS) is 1. The van der Waals surface area contributed by atoms with Gasteiger partial charge in [0, 0.05) is 13.0 Å². The molecule has 1 N–H and O–H groups in total. The highest BCUT2D eigenvalue weighted by Gasteiger charge is 2.18. The molecule has 0 spiro atoms. The van der Waals surface area contributed by atoms with E-state index in [2.05, 4.69) is 13.8 Å². The molecule has 0 aliphatic rings. The van der Waals surface area contributed by atoms with Crippen molar-refractivity contribution in [2.24, 2.45) is 0 Å². The molecule has 0 aromatic heterocycles. The summed E-state index contributed by atoms with van der Waals surface area (Å²) in [7, 11) is 0. The first-order chi connectivity index (χ1) is 8.67. The highest BCUT2D eigenvalue weighted by atomic mass is 16.5. The molecule has 0 fully saturated rings. The number of benzene rings is 1. The van der Waals surface area contributed by atoms with E-state index in [4.69, 9.17) is 9.84 Å². The Morgan fingerprint density at radius 1 is 1.22 bits per heavy atom. The summed E-state index contributed by atoms with van der Waals surface area (Å²) in [6.07, 6.45) is 2.61. The Kier molecular flexibility index (Phi) is 6.44. The second kappa shape index (κ2) is 7.88. The minimum absolute atomic E-state index is 0.434. The number of hydrogen-bond acceptors (Lipinski definition) is 2. The Bertz CT molecular complexity index is 357. The molecule has 0 radical (unpaired) electrons. The van der Waals surface area contributed by atoms with E-state index < -0.39 is 12.1 Å². The molecule has 0 saturated heterocycles. The van der Waals surface area contributed by atoms with Crippen LogP contribution in [0.1, 0.15) is 37.8 Å². The fraction of sp³-hybridized carbons (Fsp3) is 0.533. The predicted molar refractivity (Wildman–Crippen MR) is 71.8 cm³/mol. The monoisotopic (exact) mass is 250 g/mol. The van der Waals surface area contributed by atoms with E-state index in [9.17, 15) is 4.79 Å². The molecular formula is C15H22O3. The summed E-state index contributed by atoms with van der Waals surface area (Å²) in [5.41, 5.74) is 2.27. The molecule has 0 heterocycles. The third-order valence-electron chi connectivity index (χ3n) is 2.94. The summed E-state index contributed by atoms with van der Waals surface area (Å²) in [6, 6.07) is 8.05. The first-order valence-electron chi connectivity index (χ1n) is 6.59. The van der Waals surface area contributed by atoms with Crippen molar-refractivity contribution in [3.05, 3.63) is 35.4 Å². The Hall–Kier alpha value is -1.35. The fourth-order valence-corrected chi connectivity index (χ4v) is 1.71. The molecule has 1 aromatic rings. The van der Waals surface area contributed by atoms with Gasteiger partial charge in [0.2, 0.25) is 0 Å². The molecule has 18 heavy (non-hydrogen) atoms. The summed E-state index contributed by atoms with van der Waals surface area (Å²) in [6.45, 7) is 4.67. The maximum Gasteiger partial charge on any atom is 0.333 e. The van der Waals surface area contributed by atoms with Gasteiger partial charge in [-0.1, -0.05) is 44.5 Å². The Labute approximate surface area is 109 Å². The summed E-state index contributed by atoms with van der Waals surface area (Å²) in [4.78, 5) is 11.1. The van der Waals surface area contributed by atoms with Gasteiger partial charge in [-0.05, 0) is 24.0 Å². The zero-order valence-corrected chi connectivity index (χ0v) is 11.2. The molecule has 0 amide bonds. The van der Waals surface area contributed by atoms with Crippen LogP contribution in [-0.4, -0.2) is 23.8 Å². The lowest BCUT2D eigenvalue weighted by Gasteiger charge is -2.13. The van der Waals surface area contributed by atoms with Crippen LogP contribution in [0, 0.1) is 0 Å². The van der Waals surface area contributed by atoms with Crippen LogP contribution < -0.4 is 0 Å². The quantitative estimate of drug-likeness (QED) is 0.721. The molecule has 3 nitrogen and oxygen atoms in total. The molecule has 0 bridgehead atoms. The summed E-state index contributed by atoms with van der Waals surface area (Å²) in [5.74, 6) is -0.884. The van der Waals surface area contributed by atoms with Gasteiger partial charge in [-0.15, -0.1) is 0 Å². The summed E-state index contributed by atoms with van der Waals surface area (Å²) < 4.78 is 5.40. The van der Waals surface area contributed by atoms with Crippen molar-refractivity contribution < 1.29 is 14.6 Å². The fourth-order valence-electron chi connectivity index (χ4n) is 1.71. The summed E-state index contributed by atoms with van der Waals surface area (Å²) in [5, 5.41) is 9.11. The van der Waals surface area contributed by atoms with Gasteiger partial charge < -0.3 is 9.84 Å². The van der Waals surface area contributed by atoms with Crippen molar-refractivity contribution >= 4 is 5.97 Å². The van der Waals surface area contributed by atoms with Crippen molar-refractivity contribution in [2.45, 2.75) is 45.6 Å². The third-order valence-corrected chi connectivity index (χ3v) is 2.94. The maximum absolute atomic E-state index is 11.1. The van der Waals surface area contributed by atoms with Crippen LogP contribution in [-0.2, 0) is 22.4 Å². The van der Waals surface area contributed by atoms with Crippen LogP contribution in [0.25, 0.3) is 0 Å². The summed E-state index contributed by atoms with van der Waals surface area (Å²) >= 11 is 0. The lowest BCUT2D eigenvalue weighted by Crippen LogP contribution is -2.26. The van der Waals surface area contributed by atoms with E-state index in [-0.39, 0.29) is 0 Å². The van der Waals surface area contributed by atoms with Crippen LogP contribution in [0.5, 0.6) is 0 Å². The van der Waals surface area contributed by atoms with Crippen LogP contribution in [0.3, 0.4) is 0 Å². The van der Waals surface area contributed by atoms with Gasteiger partial charge in [0.15, 0.2) is 6.10 Å². The Balaban J connectivity index is 2.56.